The van der Waals surface area contributed by atoms with Gasteiger partial charge < -0.3 is 5.32 Å². The number of hydrogen-bond donors (Lipinski definition) is 1. The third kappa shape index (κ3) is 3.11. The first-order valence-electron chi connectivity index (χ1n) is 6.05. The summed E-state index contributed by atoms with van der Waals surface area (Å²) in [6.07, 6.45) is 7.43. The molecule has 4 heteroatoms. The summed E-state index contributed by atoms with van der Waals surface area (Å²) in [7, 11) is 0. The summed E-state index contributed by atoms with van der Waals surface area (Å²) in [5.41, 5.74) is 1.83. The van der Waals surface area contributed by atoms with Crippen molar-refractivity contribution in [2.75, 3.05) is 6.54 Å². The van der Waals surface area contributed by atoms with Crippen LogP contribution in [0.5, 0.6) is 0 Å². The van der Waals surface area contributed by atoms with E-state index in [2.05, 4.69) is 22.2 Å². The van der Waals surface area contributed by atoms with E-state index in [1.807, 2.05) is 12.1 Å². The van der Waals surface area contributed by atoms with Crippen molar-refractivity contribution in [3.63, 3.8) is 0 Å². The highest BCUT2D eigenvalue weighted by molar-refractivity contribution is 5.28. The van der Waals surface area contributed by atoms with E-state index in [-0.39, 0.29) is 11.9 Å². The maximum atomic E-state index is 13.3. The maximum Gasteiger partial charge on any atom is 0.141 e. The number of rotatable bonds is 5. The molecule has 0 aliphatic carbocycles. The van der Waals surface area contributed by atoms with Crippen LogP contribution in [-0.4, -0.2) is 16.5 Å². The maximum absolute atomic E-state index is 13.3. The van der Waals surface area contributed by atoms with Gasteiger partial charge in [-0.3, -0.25) is 9.97 Å². The summed E-state index contributed by atoms with van der Waals surface area (Å²) in [6.45, 7) is 2.95. The summed E-state index contributed by atoms with van der Waals surface area (Å²) in [5.74, 6) is -0.320. The number of nitrogens with zero attached hydrogens (tertiary/aromatic N) is 2. The van der Waals surface area contributed by atoms with Crippen LogP contribution in [0.15, 0.2) is 43.0 Å². The van der Waals surface area contributed by atoms with Gasteiger partial charge in [-0.05, 0) is 36.2 Å². The van der Waals surface area contributed by atoms with Crippen molar-refractivity contribution in [1.29, 1.82) is 0 Å². The molecule has 0 bridgehead atoms. The van der Waals surface area contributed by atoms with Gasteiger partial charge in [0.25, 0.3) is 0 Å². The molecule has 0 aromatic carbocycles. The van der Waals surface area contributed by atoms with E-state index >= 15 is 0 Å². The van der Waals surface area contributed by atoms with Crippen LogP contribution in [0.1, 0.15) is 30.5 Å². The van der Waals surface area contributed by atoms with Crippen molar-refractivity contribution in [1.82, 2.24) is 15.3 Å². The van der Waals surface area contributed by atoms with Crippen molar-refractivity contribution in [2.24, 2.45) is 0 Å². The smallest absolute Gasteiger partial charge is 0.141 e. The SMILES string of the molecule is CCCNC(c1cccnc1)c1cncc(F)c1. The topological polar surface area (TPSA) is 37.8 Å². The van der Waals surface area contributed by atoms with Crippen molar-refractivity contribution in [3.05, 3.63) is 59.9 Å². The number of halogens is 1. The van der Waals surface area contributed by atoms with E-state index < -0.39 is 0 Å². The lowest BCUT2D eigenvalue weighted by Crippen LogP contribution is -2.23. The second-order valence-electron chi connectivity index (χ2n) is 4.11. The Labute approximate surface area is 106 Å². The molecule has 0 spiro atoms. The molecule has 0 saturated carbocycles. The largest absolute Gasteiger partial charge is 0.306 e. The molecule has 3 nitrogen and oxygen atoms in total. The molecular weight excluding hydrogens is 229 g/mol. The molecule has 2 heterocycles. The Hall–Kier alpha value is -1.81. The molecule has 18 heavy (non-hydrogen) atoms. The molecule has 1 unspecified atom stereocenters. The Morgan fingerprint density at radius 1 is 1.22 bits per heavy atom. The Morgan fingerprint density at radius 2 is 2.06 bits per heavy atom. The van der Waals surface area contributed by atoms with Crippen molar-refractivity contribution in [3.8, 4) is 0 Å². The quantitative estimate of drug-likeness (QED) is 0.880. The molecule has 0 fully saturated rings. The highest BCUT2D eigenvalue weighted by Gasteiger charge is 2.14. The van der Waals surface area contributed by atoms with Crippen LogP contribution < -0.4 is 5.32 Å². The fourth-order valence-corrected chi connectivity index (χ4v) is 1.85. The first kappa shape index (κ1) is 12.6. The average molecular weight is 245 g/mol. The third-order valence-corrected chi connectivity index (χ3v) is 2.68. The van der Waals surface area contributed by atoms with Crippen molar-refractivity contribution < 1.29 is 4.39 Å². The van der Waals surface area contributed by atoms with E-state index in [0.717, 1.165) is 24.1 Å². The van der Waals surface area contributed by atoms with E-state index in [9.17, 15) is 4.39 Å². The first-order valence-corrected chi connectivity index (χ1v) is 6.05. The zero-order chi connectivity index (χ0) is 12.8. The minimum absolute atomic E-state index is 0.0677. The summed E-state index contributed by atoms with van der Waals surface area (Å²) < 4.78 is 13.3. The molecule has 0 aliphatic heterocycles. The van der Waals surface area contributed by atoms with Crippen LogP contribution in [0.2, 0.25) is 0 Å². The van der Waals surface area contributed by atoms with E-state index in [4.69, 9.17) is 0 Å². The Balaban J connectivity index is 2.31. The minimum atomic E-state index is -0.320. The van der Waals surface area contributed by atoms with Gasteiger partial charge in [0, 0.05) is 18.6 Å². The molecule has 0 radical (unpaired) electrons. The molecule has 0 amide bonds. The van der Waals surface area contributed by atoms with Gasteiger partial charge >= 0.3 is 0 Å². The standard InChI is InChI=1S/C14H16FN3/c1-2-5-18-14(11-4-3-6-16-8-11)12-7-13(15)10-17-9-12/h3-4,6-10,14,18H,2,5H2,1H3. The second kappa shape index (κ2) is 6.21. The average Bonchev–Trinajstić information content (AvgIpc) is 2.40. The van der Waals surface area contributed by atoms with E-state index in [1.54, 1.807) is 18.6 Å². The van der Waals surface area contributed by atoms with Gasteiger partial charge in [-0.2, -0.15) is 0 Å². The predicted molar refractivity (Wildman–Crippen MR) is 68.6 cm³/mol. The Bertz CT molecular complexity index is 487. The molecular formula is C14H16FN3. The van der Waals surface area contributed by atoms with Gasteiger partial charge in [-0.25, -0.2) is 4.39 Å². The molecule has 2 rings (SSSR count). The molecule has 1 atom stereocenters. The van der Waals surface area contributed by atoms with Crippen LogP contribution in [0.25, 0.3) is 0 Å². The minimum Gasteiger partial charge on any atom is -0.306 e. The van der Waals surface area contributed by atoms with Gasteiger partial charge in [0.05, 0.1) is 12.2 Å². The highest BCUT2D eigenvalue weighted by Crippen LogP contribution is 2.21. The van der Waals surface area contributed by atoms with Gasteiger partial charge in [0.1, 0.15) is 5.82 Å². The summed E-state index contributed by atoms with van der Waals surface area (Å²) in [4.78, 5) is 8.01. The lowest BCUT2D eigenvalue weighted by molar-refractivity contribution is 0.579. The predicted octanol–water partition coefficient (Wildman–Crippen LogP) is 2.70. The number of nitrogens with one attached hydrogen (secondary N) is 1. The molecule has 2 aromatic heterocycles. The van der Waals surface area contributed by atoms with Crippen LogP contribution in [0, 0.1) is 5.82 Å². The van der Waals surface area contributed by atoms with Crippen LogP contribution >= 0.6 is 0 Å². The second-order valence-corrected chi connectivity index (χ2v) is 4.11. The van der Waals surface area contributed by atoms with Gasteiger partial charge in [0.2, 0.25) is 0 Å². The normalized spacial score (nSPS) is 12.3. The van der Waals surface area contributed by atoms with Crippen LogP contribution in [-0.2, 0) is 0 Å². The molecule has 1 N–H and O–H groups in total. The van der Waals surface area contributed by atoms with E-state index in [1.165, 1.54) is 12.3 Å². The van der Waals surface area contributed by atoms with Gasteiger partial charge in [-0.1, -0.05) is 13.0 Å². The van der Waals surface area contributed by atoms with Crippen molar-refractivity contribution in [2.45, 2.75) is 19.4 Å². The fraction of sp³-hybridized carbons (Fsp3) is 0.286. The summed E-state index contributed by atoms with van der Waals surface area (Å²) in [5, 5.41) is 3.38. The first-order chi connectivity index (χ1) is 8.81. The Morgan fingerprint density at radius 3 is 2.72 bits per heavy atom. The molecule has 94 valence electrons. The van der Waals surface area contributed by atoms with Crippen LogP contribution in [0.4, 0.5) is 4.39 Å². The number of aromatic nitrogens is 2. The summed E-state index contributed by atoms with van der Waals surface area (Å²) >= 11 is 0. The van der Waals surface area contributed by atoms with Gasteiger partial charge in [-0.15, -0.1) is 0 Å². The van der Waals surface area contributed by atoms with E-state index in [0.29, 0.717) is 0 Å². The van der Waals surface area contributed by atoms with Crippen molar-refractivity contribution >= 4 is 0 Å². The zero-order valence-electron chi connectivity index (χ0n) is 10.3. The van der Waals surface area contributed by atoms with Crippen LogP contribution in [0.3, 0.4) is 0 Å². The third-order valence-electron chi connectivity index (χ3n) is 2.68. The lowest BCUT2D eigenvalue weighted by Gasteiger charge is -2.18. The zero-order valence-corrected chi connectivity index (χ0v) is 10.3. The fourth-order valence-electron chi connectivity index (χ4n) is 1.85. The Kier molecular flexibility index (Phi) is 4.36. The number of hydrogen-bond acceptors (Lipinski definition) is 3. The molecule has 0 aliphatic rings. The highest BCUT2D eigenvalue weighted by atomic mass is 19.1. The summed E-state index contributed by atoms with van der Waals surface area (Å²) in [6, 6.07) is 5.29. The van der Waals surface area contributed by atoms with Gasteiger partial charge in [0.15, 0.2) is 0 Å². The molecule has 2 aromatic rings. The number of pyridine rings is 2. The lowest BCUT2D eigenvalue weighted by atomic mass is 10.0. The molecule has 0 saturated heterocycles. The monoisotopic (exact) mass is 245 g/mol.